The Morgan fingerprint density at radius 3 is 2.53 bits per heavy atom. The number of aryl methyl sites for hydroxylation is 1. The number of aliphatic hydroxyl groups excluding tert-OH is 2. The molecule has 0 saturated carbocycles. The minimum absolute atomic E-state index is 0.0996. The Morgan fingerprint density at radius 2 is 2.06 bits per heavy atom. The van der Waals surface area contributed by atoms with Crippen LogP contribution in [0.1, 0.15) is 10.4 Å². The maximum absolute atomic E-state index is 11.8. The van der Waals surface area contributed by atoms with Gasteiger partial charge in [0.1, 0.15) is 0 Å². The zero-order valence-electron chi connectivity index (χ0n) is 9.80. The van der Waals surface area contributed by atoms with Gasteiger partial charge >= 0.3 is 0 Å². The molecule has 0 atom stereocenters. The fourth-order valence-electron chi connectivity index (χ4n) is 1.38. The predicted octanol–water partition coefficient (Wildman–Crippen LogP) is 0.883. The third-order valence-electron chi connectivity index (χ3n) is 2.33. The van der Waals surface area contributed by atoms with Gasteiger partial charge in [-0.3, -0.25) is 4.79 Å². The van der Waals surface area contributed by atoms with Crippen LogP contribution in [0.25, 0.3) is 6.08 Å². The zero-order chi connectivity index (χ0) is 12.7. The largest absolute Gasteiger partial charge is 0.395 e. The Morgan fingerprint density at radius 1 is 1.41 bits per heavy atom. The lowest BCUT2D eigenvalue weighted by Crippen LogP contribution is -2.34. The van der Waals surface area contributed by atoms with Gasteiger partial charge in [-0.1, -0.05) is 0 Å². The molecule has 1 rings (SSSR count). The number of hydrogen-bond donors (Lipinski definition) is 2. The van der Waals surface area contributed by atoms with E-state index in [0.29, 0.717) is 0 Å². The van der Waals surface area contributed by atoms with Crippen LogP contribution >= 0.6 is 11.3 Å². The third kappa shape index (κ3) is 4.30. The first-order valence-corrected chi connectivity index (χ1v) is 6.29. The van der Waals surface area contributed by atoms with Gasteiger partial charge in [0, 0.05) is 24.0 Å². The Labute approximate surface area is 105 Å². The minimum Gasteiger partial charge on any atom is -0.395 e. The fraction of sp³-hybridized carbons (Fsp3) is 0.417. The number of nitrogens with zero attached hydrogens (tertiary/aromatic N) is 1. The molecule has 0 aliphatic heterocycles. The highest BCUT2D eigenvalue weighted by molar-refractivity contribution is 7.11. The average molecular weight is 255 g/mol. The first-order valence-electron chi connectivity index (χ1n) is 5.42. The maximum atomic E-state index is 11.8. The molecule has 0 aliphatic rings. The zero-order valence-corrected chi connectivity index (χ0v) is 10.6. The molecule has 2 N–H and O–H groups in total. The van der Waals surface area contributed by atoms with E-state index in [0.717, 1.165) is 10.4 Å². The second-order valence-corrected chi connectivity index (χ2v) is 4.52. The quantitative estimate of drug-likeness (QED) is 0.742. The van der Waals surface area contributed by atoms with Crippen LogP contribution in [0.3, 0.4) is 0 Å². The molecular weight excluding hydrogens is 238 g/mol. The van der Waals surface area contributed by atoms with Crippen LogP contribution in [0.2, 0.25) is 0 Å². The third-order valence-corrected chi connectivity index (χ3v) is 3.31. The highest BCUT2D eigenvalue weighted by Crippen LogP contribution is 2.17. The monoisotopic (exact) mass is 255 g/mol. The molecule has 0 radical (unpaired) electrons. The number of rotatable bonds is 6. The van der Waals surface area contributed by atoms with E-state index < -0.39 is 0 Å². The number of hydrogen-bond acceptors (Lipinski definition) is 4. The molecule has 5 heteroatoms. The molecule has 94 valence electrons. The van der Waals surface area contributed by atoms with Crippen molar-refractivity contribution in [1.82, 2.24) is 4.90 Å². The van der Waals surface area contributed by atoms with Gasteiger partial charge in [-0.2, -0.15) is 0 Å². The Bertz CT molecular complexity index is 381. The molecule has 1 heterocycles. The van der Waals surface area contributed by atoms with Gasteiger partial charge in [-0.05, 0) is 30.0 Å². The van der Waals surface area contributed by atoms with Crippen LogP contribution in [0.5, 0.6) is 0 Å². The summed E-state index contributed by atoms with van der Waals surface area (Å²) in [6.45, 7) is 2.27. The Hall–Kier alpha value is -1.17. The minimum atomic E-state index is -0.194. The fourth-order valence-corrected chi connectivity index (χ4v) is 2.20. The highest BCUT2D eigenvalue weighted by Gasteiger charge is 2.08. The summed E-state index contributed by atoms with van der Waals surface area (Å²) in [5.41, 5.74) is 1.13. The van der Waals surface area contributed by atoms with Crippen molar-refractivity contribution in [3.05, 3.63) is 28.0 Å². The van der Waals surface area contributed by atoms with Gasteiger partial charge < -0.3 is 15.1 Å². The Balaban J connectivity index is 2.63. The lowest BCUT2D eigenvalue weighted by atomic mass is 10.2. The number of thiophene rings is 1. The van der Waals surface area contributed by atoms with Crippen LogP contribution in [0, 0.1) is 6.92 Å². The second kappa shape index (κ2) is 7.21. The van der Waals surface area contributed by atoms with Crippen molar-refractivity contribution in [2.24, 2.45) is 0 Å². The summed E-state index contributed by atoms with van der Waals surface area (Å²) in [6, 6.07) is 1.99. The van der Waals surface area contributed by atoms with E-state index in [1.165, 1.54) is 11.0 Å². The van der Waals surface area contributed by atoms with Crippen LogP contribution in [-0.4, -0.2) is 47.3 Å². The van der Waals surface area contributed by atoms with Crippen molar-refractivity contribution >= 4 is 23.3 Å². The number of carbonyl (C=O) groups excluding carboxylic acids is 1. The standard InChI is InChI=1S/C12H17NO3S/c1-10-4-9-17-11(10)2-3-12(16)13(5-7-14)6-8-15/h2-4,9,14-15H,5-8H2,1H3/b3-2+. The van der Waals surface area contributed by atoms with E-state index in [2.05, 4.69) is 0 Å². The first-order chi connectivity index (χ1) is 8.19. The number of carbonyl (C=O) groups is 1. The van der Waals surface area contributed by atoms with Gasteiger partial charge in [-0.15, -0.1) is 11.3 Å². The Kier molecular flexibility index (Phi) is 5.90. The van der Waals surface area contributed by atoms with Gasteiger partial charge in [0.05, 0.1) is 13.2 Å². The number of amides is 1. The molecular formula is C12H17NO3S. The first kappa shape index (κ1) is 13.9. The van der Waals surface area contributed by atoms with Crippen molar-refractivity contribution in [3.8, 4) is 0 Å². The molecule has 1 aromatic rings. The van der Waals surface area contributed by atoms with Crippen molar-refractivity contribution in [1.29, 1.82) is 0 Å². The molecule has 4 nitrogen and oxygen atoms in total. The van der Waals surface area contributed by atoms with E-state index in [1.807, 2.05) is 18.4 Å². The lowest BCUT2D eigenvalue weighted by molar-refractivity contribution is -0.126. The molecule has 0 saturated heterocycles. The summed E-state index contributed by atoms with van der Waals surface area (Å²) in [6.07, 6.45) is 3.24. The van der Waals surface area contributed by atoms with E-state index in [-0.39, 0.29) is 32.2 Å². The maximum Gasteiger partial charge on any atom is 0.246 e. The molecule has 1 aromatic heterocycles. The molecule has 0 bridgehead atoms. The molecule has 0 aromatic carbocycles. The van der Waals surface area contributed by atoms with E-state index in [1.54, 1.807) is 17.4 Å². The summed E-state index contributed by atoms with van der Waals surface area (Å²) in [5.74, 6) is -0.194. The van der Waals surface area contributed by atoms with Crippen LogP contribution in [0.15, 0.2) is 17.5 Å². The summed E-state index contributed by atoms with van der Waals surface area (Å²) < 4.78 is 0. The van der Waals surface area contributed by atoms with E-state index >= 15 is 0 Å². The normalized spacial score (nSPS) is 11.0. The summed E-state index contributed by atoms with van der Waals surface area (Å²) in [4.78, 5) is 14.2. The van der Waals surface area contributed by atoms with Crippen molar-refractivity contribution in [2.45, 2.75) is 6.92 Å². The van der Waals surface area contributed by atoms with Crippen LogP contribution in [0.4, 0.5) is 0 Å². The van der Waals surface area contributed by atoms with Gasteiger partial charge in [-0.25, -0.2) is 0 Å². The van der Waals surface area contributed by atoms with Gasteiger partial charge in [0.2, 0.25) is 5.91 Å². The predicted molar refractivity (Wildman–Crippen MR) is 68.8 cm³/mol. The molecule has 0 fully saturated rings. The van der Waals surface area contributed by atoms with Gasteiger partial charge in [0.15, 0.2) is 0 Å². The SMILES string of the molecule is Cc1ccsc1/C=C/C(=O)N(CCO)CCO. The van der Waals surface area contributed by atoms with Crippen molar-refractivity contribution in [3.63, 3.8) is 0 Å². The summed E-state index contributed by atoms with van der Waals surface area (Å²) in [5, 5.41) is 19.6. The van der Waals surface area contributed by atoms with Crippen molar-refractivity contribution in [2.75, 3.05) is 26.3 Å². The molecule has 17 heavy (non-hydrogen) atoms. The summed E-state index contributed by atoms with van der Waals surface area (Å²) >= 11 is 1.57. The average Bonchev–Trinajstić information content (AvgIpc) is 2.71. The second-order valence-electron chi connectivity index (χ2n) is 3.57. The van der Waals surface area contributed by atoms with E-state index in [9.17, 15) is 4.79 Å². The molecule has 0 aliphatic carbocycles. The van der Waals surface area contributed by atoms with Crippen LogP contribution < -0.4 is 0 Å². The molecule has 1 amide bonds. The lowest BCUT2D eigenvalue weighted by Gasteiger charge is -2.18. The van der Waals surface area contributed by atoms with Crippen molar-refractivity contribution < 1.29 is 15.0 Å². The summed E-state index contributed by atoms with van der Waals surface area (Å²) in [7, 11) is 0. The molecule has 0 unspecified atom stereocenters. The number of aliphatic hydroxyl groups is 2. The smallest absolute Gasteiger partial charge is 0.246 e. The molecule has 0 spiro atoms. The van der Waals surface area contributed by atoms with Gasteiger partial charge in [0.25, 0.3) is 0 Å². The van der Waals surface area contributed by atoms with Crippen LogP contribution in [-0.2, 0) is 4.79 Å². The topological polar surface area (TPSA) is 60.8 Å². The van der Waals surface area contributed by atoms with E-state index in [4.69, 9.17) is 10.2 Å². The highest BCUT2D eigenvalue weighted by atomic mass is 32.1.